The number of rotatable bonds is 5. The van der Waals surface area contributed by atoms with Crippen molar-refractivity contribution in [3.8, 4) is 17.6 Å². The number of methoxy groups -OCH3 is 1. The molecule has 1 amide bonds. The predicted molar refractivity (Wildman–Crippen MR) is 117 cm³/mol. The van der Waals surface area contributed by atoms with Crippen molar-refractivity contribution >= 4 is 23.4 Å². The second kappa shape index (κ2) is 8.72. The Morgan fingerprint density at radius 1 is 1.20 bits per heavy atom. The van der Waals surface area contributed by atoms with Crippen LogP contribution in [0.5, 0.6) is 11.5 Å². The van der Waals surface area contributed by atoms with E-state index in [0.717, 1.165) is 27.8 Å². The van der Waals surface area contributed by atoms with Gasteiger partial charge in [-0.2, -0.15) is 5.26 Å². The fourth-order valence-electron chi connectivity index (χ4n) is 3.85. The molecule has 0 saturated carbocycles. The SMILES string of the molecule is CCOc1ccc([C@@H]2CC(=O)N3CN(c4ccccc4OC)CSC3=C2C#N)cc1. The first-order valence-electron chi connectivity index (χ1n) is 9.84. The number of fused-ring (bicyclic) bond motifs is 1. The Morgan fingerprint density at radius 2 is 1.97 bits per heavy atom. The molecule has 1 atom stereocenters. The van der Waals surface area contributed by atoms with Crippen LogP contribution in [0.4, 0.5) is 5.69 Å². The molecule has 2 aliphatic rings. The first-order valence-corrected chi connectivity index (χ1v) is 10.8. The third-order valence-electron chi connectivity index (χ3n) is 5.31. The van der Waals surface area contributed by atoms with E-state index in [-0.39, 0.29) is 18.2 Å². The van der Waals surface area contributed by atoms with E-state index in [1.54, 1.807) is 12.0 Å². The van der Waals surface area contributed by atoms with Crippen molar-refractivity contribution in [1.82, 2.24) is 4.90 Å². The summed E-state index contributed by atoms with van der Waals surface area (Å²) in [5, 5.41) is 10.7. The highest BCUT2D eigenvalue weighted by Crippen LogP contribution is 2.44. The third-order valence-corrected chi connectivity index (χ3v) is 6.47. The van der Waals surface area contributed by atoms with Crippen molar-refractivity contribution in [2.45, 2.75) is 19.3 Å². The molecule has 0 unspecified atom stereocenters. The Bertz CT molecular complexity index is 1010. The number of hydrogen-bond donors (Lipinski definition) is 0. The smallest absolute Gasteiger partial charge is 0.229 e. The van der Waals surface area contributed by atoms with Crippen LogP contribution in [-0.2, 0) is 4.79 Å². The van der Waals surface area contributed by atoms with E-state index in [1.807, 2.05) is 55.5 Å². The van der Waals surface area contributed by atoms with E-state index in [4.69, 9.17) is 9.47 Å². The number of hydrogen-bond acceptors (Lipinski definition) is 6. The fourth-order valence-corrected chi connectivity index (χ4v) is 5.01. The van der Waals surface area contributed by atoms with Gasteiger partial charge in [0.05, 0.1) is 48.6 Å². The molecule has 2 aromatic rings. The van der Waals surface area contributed by atoms with E-state index in [0.29, 0.717) is 24.7 Å². The molecular formula is C23H23N3O3S. The molecule has 1 fully saturated rings. The summed E-state index contributed by atoms with van der Waals surface area (Å²) < 4.78 is 11.0. The van der Waals surface area contributed by atoms with Gasteiger partial charge in [0.2, 0.25) is 5.91 Å². The molecule has 0 spiro atoms. The highest BCUT2D eigenvalue weighted by atomic mass is 32.2. The number of para-hydroxylation sites is 2. The number of benzene rings is 2. The van der Waals surface area contributed by atoms with E-state index in [9.17, 15) is 10.1 Å². The summed E-state index contributed by atoms with van der Waals surface area (Å²) in [7, 11) is 1.64. The number of allylic oxidation sites excluding steroid dienone is 1. The van der Waals surface area contributed by atoms with Crippen molar-refractivity contribution in [1.29, 1.82) is 5.26 Å². The third kappa shape index (κ3) is 3.71. The summed E-state index contributed by atoms with van der Waals surface area (Å²) in [5.74, 6) is 1.99. The summed E-state index contributed by atoms with van der Waals surface area (Å²) in [6, 6.07) is 17.8. The van der Waals surface area contributed by atoms with Gasteiger partial charge in [-0.3, -0.25) is 9.69 Å². The highest BCUT2D eigenvalue weighted by molar-refractivity contribution is 8.03. The quantitative estimate of drug-likeness (QED) is 0.717. The van der Waals surface area contributed by atoms with Crippen LogP contribution in [0.15, 0.2) is 59.1 Å². The van der Waals surface area contributed by atoms with Gasteiger partial charge >= 0.3 is 0 Å². The van der Waals surface area contributed by atoms with Gasteiger partial charge in [-0.05, 0) is 36.8 Å². The number of ether oxygens (including phenoxy) is 2. The Kier molecular flexibility index (Phi) is 5.86. The van der Waals surface area contributed by atoms with Crippen molar-refractivity contribution in [3.05, 3.63) is 64.7 Å². The summed E-state index contributed by atoms with van der Waals surface area (Å²) in [6.07, 6.45) is 0.278. The van der Waals surface area contributed by atoms with Crippen LogP contribution in [0.3, 0.4) is 0 Å². The molecule has 0 N–H and O–H groups in total. The van der Waals surface area contributed by atoms with Crippen LogP contribution < -0.4 is 14.4 Å². The first-order chi connectivity index (χ1) is 14.7. The summed E-state index contributed by atoms with van der Waals surface area (Å²) in [6.45, 7) is 2.95. The van der Waals surface area contributed by atoms with Gasteiger partial charge in [-0.1, -0.05) is 36.0 Å². The molecule has 6 nitrogen and oxygen atoms in total. The van der Waals surface area contributed by atoms with Crippen LogP contribution >= 0.6 is 11.8 Å². The zero-order valence-corrected chi connectivity index (χ0v) is 17.8. The zero-order chi connectivity index (χ0) is 21.1. The lowest BCUT2D eigenvalue weighted by atomic mass is 9.86. The van der Waals surface area contributed by atoms with Gasteiger partial charge in [0, 0.05) is 12.3 Å². The standard InChI is InChI=1S/C23H23N3O3S/c1-3-29-17-10-8-16(9-11-17)18-12-22(27)26-14-25(15-30-23(26)19(18)13-24)20-6-4-5-7-21(20)28-2/h4-11,18H,3,12,14-15H2,1-2H3/t18-/m0/s1. The monoisotopic (exact) mass is 421 g/mol. The topological polar surface area (TPSA) is 65.8 Å². The van der Waals surface area contributed by atoms with Crippen LogP contribution in [0.25, 0.3) is 0 Å². The molecule has 4 rings (SSSR count). The first kappa shape index (κ1) is 20.2. The van der Waals surface area contributed by atoms with Gasteiger partial charge < -0.3 is 14.4 Å². The molecule has 0 aromatic heterocycles. The molecule has 30 heavy (non-hydrogen) atoms. The average molecular weight is 422 g/mol. The molecule has 2 aromatic carbocycles. The van der Waals surface area contributed by atoms with E-state index >= 15 is 0 Å². The molecule has 2 aliphatic heterocycles. The van der Waals surface area contributed by atoms with E-state index < -0.39 is 0 Å². The molecule has 7 heteroatoms. The summed E-state index contributed by atoms with van der Waals surface area (Å²) >= 11 is 1.52. The predicted octanol–water partition coefficient (Wildman–Crippen LogP) is 4.31. The van der Waals surface area contributed by atoms with Crippen molar-refractivity contribution in [2.75, 3.05) is 31.2 Å². The Hall–Kier alpha value is -3.11. The van der Waals surface area contributed by atoms with Gasteiger partial charge in [0.25, 0.3) is 0 Å². The number of carbonyl (C=O) groups is 1. The van der Waals surface area contributed by atoms with E-state index in [1.165, 1.54) is 11.8 Å². The van der Waals surface area contributed by atoms with Crippen LogP contribution in [0.2, 0.25) is 0 Å². The normalized spacial score (nSPS) is 18.7. The Morgan fingerprint density at radius 3 is 2.67 bits per heavy atom. The molecule has 0 aliphatic carbocycles. The maximum absolute atomic E-state index is 13.1. The van der Waals surface area contributed by atoms with Crippen LogP contribution in [0.1, 0.15) is 24.8 Å². The average Bonchev–Trinajstić information content (AvgIpc) is 2.79. The van der Waals surface area contributed by atoms with E-state index in [2.05, 4.69) is 11.0 Å². The summed E-state index contributed by atoms with van der Waals surface area (Å²) in [4.78, 5) is 16.9. The number of carbonyl (C=O) groups excluding carboxylic acids is 1. The molecule has 0 bridgehead atoms. The maximum Gasteiger partial charge on any atom is 0.229 e. The molecule has 2 heterocycles. The number of nitrogens with zero attached hydrogens (tertiary/aromatic N) is 3. The van der Waals surface area contributed by atoms with Gasteiger partial charge in [-0.15, -0.1) is 0 Å². The Balaban J connectivity index is 1.63. The lowest BCUT2D eigenvalue weighted by molar-refractivity contribution is -0.129. The highest BCUT2D eigenvalue weighted by Gasteiger charge is 2.38. The minimum atomic E-state index is -0.227. The number of anilines is 1. The second-order valence-electron chi connectivity index (χ2n) is 7.04. The number of nitriles is 1. The second-order valence-corrected chi connectivity index (χ2v) is 7.97. The fraction of sp³-hybridized carbons (Fsp3) is 0.304. The van der Waals surface area contributed by atoms with Crippen molar-refractivity contribution in [2.24, 2.45) is 0 Å². The van der Waals surface area contributed by atoms with Crippen LogP contribution in [-0.4, -0.2) is 37.1 Å². The zero-order valence-electron chi connectivity index (χ0n) is 17.0. The minimum absolute atomic E-state index is 0.0231. The van der Waals surface area contributed by atoms with Gasteiger partial charge in [0.15, 0.2) is 0 Å². The summed E-state index contributed by atoms with van der Waals surface area (Å²) in [5.41, 5.74) is 2.55. The molecular weight excluding hydrogens is 398 g/mol. The van der Waals surface area contributed by atoms with Gasteiger partial charge in [0.1, 0.15) is 11.5 Å². The van der Waals surface area contributed by atoms with Crippen molar-refractivity contribution in [3.63, 3.8) is 0 Å². The molecule has 0 radical (unpaired) electrons. The van der Waals surface area contributed by atoms with Gasteiger partial charge in [-0.25, -0.2) is 0 Å². The largest absolute Gasteiger partial charge is 0.495 e. The molecule has 1 saturated heterocycles. The lowest BCUT2D eigenvalue weighted by Gasteiger charge is -2.42. The number of thioether (sulfide) groups is 1. The lowest BCUT2D eigenvalue weighted by Crippen LogP contribution is -2.47. The molecule has 154 valence electrons. The maximum atomic E-state index is 13.1. The minimum Gasteiger partial charge on any atom is -0.495 e. The Labute approximate surface area is 180 Å². The number of amides is 1. The van der Waals surface area contributed by atoms with Crippen molar-refractivity contribution < 1.29 is 14.3 Å². The van der Waals surface area contributed by atoms with Crippen LogP contribution in [0, 0.1) is 11.3 Å².